The Hall–Kier alpha value is -2.58. The Balaban J connectivity index is 1.81. The Morgan fingerprint density at radius 3 is 2.58 bits per heavy atom. The van der Waals surface area contributed by atoms with E-state index in [0.717, 1.165) is 5.56 Å². The summed E-state index contributed by atoms with van der Waals surface area (Å²) in [7, 11) is 0. The Morgan fingerprint density at radius 2 is 1.88 bits per heavy atom. The van der Waals surface area contributed by atoms with Crippen LogP contribution in [-0.4, -0.2) is 21.9 Å². The van der Waals surface area contributed by atoms with Crippen LogP contribution in [0, 0.1) is 11.8 Å². The number of benzene rings is 1. The summed E-state index contributed by atoms with van der Waals surface area (Å²) in [5.41, 5.74) is 7.05. The smallest absolute Gasteiger partial charge is 0.234 e. The van der Waals surface area contributed by atoms with Crippen molar-refractivity contribution in [1.29, 1.82) is 0 Å². The quantitative estimate of drug-likeness (QED) is 0.849. The first kappa shape index (κ1) is 16.3. The van der Waals surface area contributed by atoms with Gasteiger partial charge in [0, 0.05) is 23.4 Å². The van der Waals surface area contributed by atoms with Crippen molar-refractivity contribution in [2.24, 2.45) is 0 Å². The lowest BCUT2D eigenvalue weighted by atomic mass is 9.96. The fourth-order valence-corrected chi connectivity index (χ4v) is 2.54. The van der Waals surface area contributed by atoms with Gasteiger partial charge in [0.05, 0.1) is 6.20 Å². The summed E-state index contributed by atoms with van der Waals surface area (Å²) in [5, 5.41) is 0.659. The molecular weight excluding hydrogens is 326 g/mol. The van der Waals surface area contributed by atoms with Crippen molar-refractivity contribution in [3.63, 3.8) is 0 Å². The average molecular weight is 342 g/mol. The molecule has 2 aromatic rings. The number of rotatable bonds is 2. The van der Waals surface area contributed by atoms with Crippen LogP contribution >= 0.6 is 11.6 Å². The molecule has 1 aliphatic rings. The number of carbonyl (C=O) groups is 1. The number of nitrogens with zero attached hydrogens (tertiary/aromatic N) is 2. The van der Waals surface area contributed by atoms with Gasteiger partial charge >= 0.3 is 0 Å². The number of Topliss-reactive ketones (excluding diaryl/α,β-unsaturated/α-hetero) is 1. The first-order valence-corrected chi connectivity index (χ1v) is 8.06. The molecule has 0 amide bonds. The summed E-state index contributed by atoms with van der Waals surface area (Å²) in [6.45, 7) is 0. The lowest BCUT2D eigenvalue weighted by Crippen LogP contribution is -2.25. The number of hydrogen-bond acceptors (Lipinski definition) is 5. The zero-order chi connectivity index (χ0) is 16.9. The van der Waals surface area contributed by atoms with Crippen molar-refractivity contribution in [2.75, 3.05) is 5.73 Å². The van der Waals surface area contributed by atoms with Gasteiger partial charge in [-0.3, -0.25) is 4.79 Å². The number of anilines is 1. The van der Waals surface area contributed by atoms with Crippen molar-refractivity contribution in [1.82, 2.24) is 9.97 Å². The second kappa shape index (κ2) is 7.33. The van der Waals surface area contributed by atoms with Gasteiger partial charge in [-0.25, -0.2) is 4.98 Å². The maximum atomic E-state index is 11.3. The van der Waals surface area contributed by atoms with Gasteiger partial charge in [0.25, 0.3) is 0 Å². The van der Waals surface area contributed by atoms with Crippen LogP contribution in [0.15, 0.2) is 30.5 Å². The zero-order valence-electron chi connectivity index (χ0n) is 13.0. The van der Waals surface area contributed by atoms with Crippen LogP contribution < -0.4 is 10.5 Å². The molecule has 24 heavy (non-hydrogen) atoms. The second-order valence-corrected chi connectivity index (χ2v) is 6.00. The van der Waals surface area contributed by atoms with Crippen molar-refractivity contribution in [3.05, 3.63) is 46.6 Å². The van der Waals surface area contributed by atoms with Gasteiger partial charge in [-0.1, -0.05) is 23.4 Å². The van der Waals surface area contributed by atoms with Crippen LogP contribution in [0.1, 0.15) is 36.8 Å². The van der Waals surface area contributed by atoms with Crippen LogP contribution in [-0.2, 0) is 4.79 Å². The highest BCUT2D eigenvalue weighted by Crippen LogP contribution is 2.23. The normalized spacial score (nSPS) is 14.8. The predicted octanol–water partition coefficient (Wildman–Crippen LogP) is 3.00. The second-order valence-electron chi connectivity index (χ2n) is 5.56. The molecule has 0 atom stereocenters. The van der Waals surface area contributed by atoms with E-state index >= 15 is 0 Å². The maximum absolute atomic E-state index is 11.3. The molecule has 1 heterocycles. The molecule has 1 aromatic carbocycles. The van der Waals surface area contributed by atoms with E-state index in [1.165, 1.54) is 0 Å². The van der Waals surface area contributed by atoms with Gasteiger partial charge in [-0.05, 0) is 37.1 Å². The maximum Gasteiger partial charge on any atom is 0.234 e. The molecule has 0 unspecified atom stereocenters. The zero-order valence-corrected chi connectivity index (χ0v) is 13.7. The number of ether oxygens (including phenoxy) is 1. The molecule has 1 aliphatic carbocycles. The lowest BCUT2D eigenvalue weighted by molar-refractivity contribution is -0.121. The Morgan fingerprint density at radius 1 is 1.17 bits per heavy atom. The van der Waals surface area contributed by atoms with Gasteiger partial charge in [-0.2, -0.15) is 4.98 Å². The van der Waals surface area contributed by atoms with Crippen LogP contribution in [0.4, 0.5) is 5.95 Å². The number of hydrogen-bond donors (Lipinski definition) is 1. The molecule has 0 saturated heterocycles. The first-order valence-electron chi connectivity index (χ1n) is 7.68. The summed E-state index contributed by atoms with van der Waals surface area (Å²) in [4.78, 5) is 19.5. The molecule has 3 rings (SSSR count). The van der Waals surface area contributed by atoms with E-state index in [-0.39, 0.29) is 17.8 Å². The van der Waals surface area contributed by atoms with Crippen molar-refractivity contribution in [2.45, 2.75) is 31.8 Å². The summed E-state index contributed by atoms with van der Waals surface area (Å²) in [6, 6.07) is 7.23. The van der Waals surface area contributed by atoms with Gasteiger partial charge in [0.1, 0.15) is 17.5 Å². The largest absolute Gasteiger partial charge is 0.473 e. The molecule has 2 N–H and O–H groups in total. The van der Waals surface area contributed by atoms with Crippen LogP contribution in [0.2, 0.25) is 5.02 Å². The molecule has 122 valence electrons. The topological polar surface area (TPSA) is 78.1 Å². The summed E-state index contributed by atoms with van der Waals surface area (Å²) < 4.78 is 5.92. The summed E-state index contributed by atoms with van der Waals surface area (Å²) in [6.07, 6.45) is 3.95. The number of carbonyl (C=O) groups excluding carboxylic acids is 1. The molecule has 1 saturated carbocycles. The molecule has 0 bridgehead atoms. The Kier molecular flexibility index (Phi) is 4.97. The summed E-state index contributed by atoms with van der Waals surface area (Å²) in [5.74, 6) is 6.81. The van der Waals surface area contributed by atoms with E-state index in [2.05, 4.69) is 21.8 Å². The third-order valence-electron chi connectivity index (χ3n) is 3.73. The minimum absolute atomic E-state index is 0.0481. The number of halogens is 1. The predicted molar refractivity (Wildman–Crippen MR) is 91.8 cm³/mol. The van der Waals surface area contributed by atoms with Gasteiger partial charge in [0.15, 0.2) is 0 Å². The minimum Gasteiger partial charge on any atom is -0.473 e. The highest BCUT2D eigenvalue weighted by atomic mass is 35.5. The van der Waals surface area contributed by atoms with E-state index in [0.29, 0.717) is 42.1 Å². The Labute approximate surface area is 145 Å². The average Bonchev–Trinajstić information content (AvgIpc) is 2.58. The summed E-state index contributed by atoms with van der Waals surface area (Å²) >= 11 is 5.86. The molecule has 6 heteroatoms. The fourth-order valence-electron chi connectivity index (χ4n) is 2.42. The third-order valence-corrected chi connectivity index (χ3v) is 3.98. The monoisotopic (exact) mass is 341 g/mol. The number of aromatic nitrogens is 2. The Bertz CT molecular complexity index is 799. The van der Waals surface area contributed by atoms with E-state index in [4.69, 9.17) is 22.1 Å². The van der Waals surface area contributed by atoms with Crippen LogP contribution in [0.3, 0.4) is 0 Å². The third kappa shape index (κ3) is 4.24. The lowest BCUT2D eigenvalue weighted by Gasteiger charge is -2.22. The number of nitrogen functional groups attached to an aromatic ring is 1. The van der Waals surface area contributed by atoms with Crippen LogP contribution in [0.5, 0.6) is 5.88 Å². The minimum atomic E-state index is -0.0481. The van der Waals surface area contributed by atoms with Gasteiger partial charge in [0.2, 0.25) is 11.8 Å². The fraction of sp³-hybridized carbons (Fsp3) is 0.278. The standard InChI is InChI=1S/C18H16ClN3O2/c19-14-5-2-12(3-6-14)1-4-13-11-21-18(20)22-17(13)24-16-9-7-15(23)8-10-16/h2-3,5-6,11,16H,7-10H2,(H2,20,21,22). The van der Waals surface area contributed by atoms with Crippen molar-refractivity contribution in [3.8, 4) is 17.7 Å². The molecule has 5 nitrogen and oxygen atoms in total. The highest BCUT2D eigenvalue weighted by Gasteiger charge is 2.21. The van der Waals surface area contributed by atoms with E-state index in [9.17, 15) is 4.79 Å². The number of ketones is 1. The van der Waals surface area contributed by atoms with E-state index in [1.54, 1.807) is 18.3 Å². The van der Waals surface area contributed by atoms with E-state index in [1.807, 2.05) is 12.1 Å². The van der Waals surface area contributed by atoms with Gasteiger partial charge in [-0.15, -0.1) is 0 Å². The molecular formula is C18H16ClN3O2. The molecule has 0 spiro atoms. The SMILES string of the molecule is Nc1ncc(C#Cc2ccc(Cl)cc2)c(OC2CCC(=O)CC2)n1. The molecule has 1 aromatic heterocycles. The first-order chi connectivity index (χ1) is 11.6. The van der Waals surface area contributed by atoms with Crippen molar-refractivity contribution >= 4 is 23.3 Å². The van der Waals surface area contributed by atoms with Crippen LogP contribution in [0.25, 0.3) is 0 Å². The van der Waals surface area contributed by atoms with Crippen molar-refractivity contribution < 1.29 is 9.53 Å². The molecule has 0 aliphatic heterocycles. The van der Waals surface area contributed by atoms with E-state index < -0.39 is 0 Å². The highest BCUT2D eigenvalue weighted by molar-refractivity contribution is 6.30. The van der Waals surface area contributed by atoms with Gasteiger partial charge < -0.3 is 10.5 Å². The number of nitrogens with two attached hydrogens (primary N) is 1. The molecule has 0 radical (unpaired) electrons. The molecule has 1 fully saturated rings.